The van der Waals surface area contributed by atoms with Crippen LogP contribution in [-0.4, -0.2) is 17.6 Å². The molecule has 2 amide bonds. The zero-order valence-corrected chi connectivity index (χ0v) is 18.8. The zero-order valence-electron chi connectivity index (χ0n) is 18.8. The summed E-state index contributed by atoms with van der Waals surface area (Å²) in [6.45, 7) is 4.60. The van der Waals surface area contributed by atoms with E-state index in [0.29, 0.717) is 34.4 Å². The molecule has 8 heteroatoms. The minimum atomic E-state index is -4.63. The Morgan fingerprint density at radius 2 is 1.44 bits per heavy atom. The number of hydrogen-bond donors (Lipinski definition) is 2. The predicted octanol–water partition coefficient (Wildman–Crippen LogP) is 6.48. The first-order chi connectivity index (χ1) is 16.0. The number of hydrogen-bond acceptors (Lipinski definition) is 3. The van der Waals surface area contributed by atoms with Crippen LogP contribution in [0.25, 0.3) is 11.1 Å². The number of carbonyl (C=O) groups is 3. The van der Waals surface area contributed by atoms with E-state index < -0.39 is 23.6 Å². The van der Waals surface area contributed by atoms with Crippen LogP contribution in [0.2, 0.25) is 0 Å². The molecule has 0 atom stereocenters. The standard InChI is InChI=1S/C26H23F3N2O3/c1-4-24(33)17-6-5-7-18(13-17)25(34)31-19-8-10-21(15(2)12-19)22-11-9-20(30-16(3)32)14-23(22)26(27,28)29/h5-14H,4H2,1-3H3,(H,30,32)(H,31,34). The van der Waals surface area contributed by atoms with Gasteiger partial charge in [-0.25, -0.2) is 0 Å². The van der Waals surface area contributed by atoms with Gasteiger partial charge < -0.3 is 10.6 Å². The number of benzene rings is 3. The van der Waals surface area contributed by atoms with Crippen molar-refractivity contribution in [2.24, 2.45) is 0 Å². The highest BCUT2D eigenvalue weighted by molar-refractivity contribution is 6.06. The summed E-state index contributed by atoms with van der Waals surface area (Å²) >= 11 is 0. The van der Waals surface area contributed by atoms with Crippen LogP contribution in [0.3, 0.4) is 0 Å². The Balaban J connectivity index is 1.91. The summed E-state index contributed by atoms with van der Waals surface area (Å²) in [5.41, 5.74) is 1.13. The molecule has 0 fully saturated rings. The van der Waals surface area contributed by atoms with Gasteiger partial charge in [-0.05, 0) is 60.0 Å². The lowest BCUT2D eigenvalue weighted by atomic mass is 9.94. The molecule has 0 saturated heterocycles. The fourth-order valence-corrected chi connectivity index (χ4v) is 3.58. The summed E-state index contributed by atoms with van der Waals surface area (Å²) in [5.74, 6) is -0.991. The summed E-state index contributed by atoms with van der Waals surface area (Å²) in [6, 6.07) is 14.6. The maximum atomic E-state index is 13.7. The molecule has 0 heterocycles. The third-order valence-corrected chi connectivity index (χ3v) is 5.19. The Hall–Kier alpha value is -3.94. The molecule has 0 aliphatic carbocycles. The highest BCUT2D eigenvalue weighted by atomic mass is 19.4. The van der Waals surface area contributed by atoms with Crippen LogP contribution in [-0.2, 0) is 11.0 Å². The van der Waals surface area contributed by atoms with Gasteiger partial charge in [0.05, 0.1) is 5.56 Å². The van der Waals surface area contributed by atoms with E-state index in [4.69, 9.17) is 0 Å². The molecular formula is C26H23F3N2O3. The number of alkyl halides is 3. The molecule has 0 spiro atoms. The van der Waals surface area contributed by atoms with Crippen LogP contribution in [0.1, 0.15) is 52.1 Å². The summed E-state index contributed by atoms with van der Waals surface area (Å²) in [5, 5.41) is 5.08. The SMILES string of the molecule is CCC(=O)c1cccc(C(=O)Nc2ccc(-c3ccc(NC(C)=O)cc3C(F)(F)F)c(C)c2)c1. The van der Waals surface area contributed by atoms with E-state index in [1.807, 2.05) is 0 Å². The zero-order chi connectivity index (χ0) is 25.0. The molecule has 0 unspecified atom stereocenters. The maximum absolute atomic E-state index is 13.7. The van der Waals surface area contributed by atoms with Crippen LogP contribution in [0.4, 0.5) is 24.5 Å². The first-order valence-corrected chi connectivity index (χ1v) is 10.5. The lowest BCUT2D eigenvalue weighted by Gasteiger charge is -2.17. The quantitative estimate of drug-likeness (QED) is 0.407. The lowest BCUT2D eigenvalue weighted by Crippen LogP contribution is -2.13. The monoisotopic (exact) mass is 468 g/mol. The van der Waals surface area contributed by atoms with Gasteiger partial charge in [-0.3, -0.25) is 14.4 Å². The number of aryl methyl sites for hydroxylation is 1. The topological polar surface area (TPSA) is 75.3 Å². The van der Waals surface area contributed by atoms with Crippen molar-refractivity contribution in [2.75, 3.05) is 10.6 Å². The minimum Gasteiger partial charge on any atom is -0.326 e. The molecule has 0 aliphatic heterocycles. The predicted molar refractivity (Wildman–Crippen MR) is 125 cm³/mol. The number of halogens is 3. The second-order valence-corrected chi connectivity index (χ2v) is 7.78. The highest BCUT2D eigenvalue weighted by Crippen LogP contribution is 2.40. The third-order valence-electron chi connectivity index (χ3n) is 5.19. The molecule has 34 heavy (non-hydrogen) atoms. The number of anilines is 2. The molecule has 0 saturated carbocycles. The van der Waals surface area contributed by atoms with Gasteiger partial charge in [0.15, 0.2) is 5.78 Å². The molecule has 5 nitrogen and oxygen atoms in total. The number of nitrogens with one attached hydrogen (secondary N) is 2. The van der Waals surface area contributed by atoms with E-state index in [0.717, 1.165) is 6.07 Å². The smallest absolute Gasteiger partial charge is 0.326 e. The van der Waals surface area contributed by atoms with Crippen molar-refractivity contribution in [3.8, 4) is 11.1 Å². The van der Waals surface area contributed by atoms with Crippen molar-refractivity contribution >= 4 is 29.0 Å². The van der Waals surface area contributed by atoms with Crippen molar-refractivity contribution in [1.82, 2.24) is 0 Å². The van der Waals surface area contributed by atoms with Crippen LogP contribution in [0.5, 0.6) is 0 Å². The van der Waals surface area contributed by atoms with E-state index in [9.17, 15) is 27.6 Å². The molecular weight excluding hydrogens is 445 g/mol. The van der Waals surface area contributed by atoms with Crippen molar-refractivity contribution in [2.45, 2.75) is 33.4 Å². The number of ketones is 1. The fourth-order valence-electron chi connectivity index (χ4n) is 3.58. The summed E-state index contributed by atoms with van der Waals surface area (Å²) < 4.78 is 41.2. The van der Waals surface area contributed by atoms with Crippen LogP contribution < -0.4 is 10.6 Å². The van der Waals surface area contributed by atoms with Crippen molar-refractivity contribution in [1.29, 1.82) is 0 Å². The molecule has 0 aromatic heterocycles. The third kappa shape index (κ3) is 5.70. The Labute approximate surface area is 195 Å². The van der Waals surface area contributed by atoms with Crippen LogP contribution in [0.15, 0.2) is 60.7 Å². The number of Topliss-reactive ketones (excluding diaryl/α,β-unsaturated/α-hetero) is 1. The maximum Gasteiger partial charge on any atom is 0.417 e. The summed E-state index contributed by atoms with van der Waals surface area (Å²) in [4.78, 5) is 35.8. The van der Waals surface area contributed by atoms with Gasteiger partial charge in [-0.1, -0.05) is 31.2 Å². The van der Waals surface area contributed by atoms with Gasteiger partial charge >= 0.3 is 6.18 Å². The minimum absolute atomic E-state index is 0.0391. The van der Waals surface area contributed by atoms with E-state index >= 15 is 0 Å². The molecule has 0 radical (unpaired) electrons. The van der Waals surface area contributed by atoms with Crippen LogP contribution >= 0.6 is 0 Å². The van der Waals surface area contributed by atoms with Gasteiger partial charge in [0.1, 0.15) is 0 Å². The second-order valence-electron chi connectivity index (χ2n) is 7.78. The second kappa shape index (κ2) is 9.91. The van der Waals surface area contributed by atoms with E-state index in [-0.39, 0.29) is 17.0 Å². The normalized spacial score (nSPS) is 11.1. The Morgan fingerprint density at radius 1 is 0.824 bits per heavy atom. The van der Waals surface area contributed by atoms with Crippen molar-refractivity contribution in [3.63, 3.8) is 0 Å². The van der Waals surface area contributed by atoms with Gasteiger partial charge in [0.25, 0.3) is 5.91 Å². The molecule has 176 valence electrons. The van der Waals surface area contributed by atoms with E-state index in [2.05, 4.69) is 10.6 Å². The Morgan fingerprint density at radius 3 is 2.03 bits per heavy atom. The van der Waals surface area contributed by atoms with Crippen molar-refractivity contribution in [3.05, 3.63) is 82.9 Å². The fraction of sp³-hybridized carbons (Fsp3) is 0.192. The van der Waals surface area contributed by atoms with Gasteiger partial charge in [-0.2, -0.15) is 13.2 Å². The van der Waals surface area contributed by atoms with E-state index in [1.54, 1.807) is 38.1 Å². The number of rotatable bonds is 6. The van der Waals surface area contributed by atoms with Crippen LogP contribution in [0, 0.1) is 6.92 Å². The van der Waals surface area contributed by atoms with E-state index in [1.165, 1.54) is 37.3 Å². The molecule has 3 rings (SSSR count). The first kappa shape index (κ1) is 24.7. The van der Waals surface area contributed by atoms with Gasteiger partial charge in [0.2, 0.25) is 5.91 Å². The first-order valence-electron chi connectivity index (χ1n) is 10.5. The molecule has 3 aromatic rings. The average molecular weight is 468 g/mol. The lowest BCUT2D eigenvalue weighted by molar-refractivity contribution is -0.137. The Kier molecular flexibility index (Phi) is 7.20. The molecule has 0 bridgehead atoms. The Bertz CT molecular complexity index is 1270. The largest absolute Gasteiger partial charge is 0.417 e. The average Bonchev–Trinajstić information content (AvgIpc) is 2.78. The van der Waals surface area contributed by atoms with Gasteiger partial charge in [0, 0.05) is 35.8 Å². The molecule has 0 aliphatic rings. The number of amides is 2. The van der Waals surface area contributed by atoms with Crippen molar-refractivity contribution < 1.29 is 27.6 Å². The summed E-state index contributed by atoms with van der Waals surface area (Å²) in [6.07, 6.45) is -4.32. The molecule has 3 aromatic carbocycles. The highest BCUT2D eigenvalue weighted by Gasteiger charge is 2.34. The van der Waals surface area contributed by atoms with Gasteiger partial charge in [-0.15, -0.1) is 0 Å². The number of carbonyl (C=O) groups excluding carboxylic acids is 3. The summed E-state index contributed by atoms with van der Waals surface area (Å²) in [7, 11) is 0. The molecule has 2 N–H and O–H groups in total.